The molecule has 4 rings (SSSR count). The predicted octanol–water partition coefficient (Wildman–Crippen LogP) is 3.59. The van der Waals surface area contributed by atoms with Crippen molar-refractivity contribution in [2.45, 2.75) is 19.5 Å². The van der Waals surface area contributed by atoms with Crippen LogP contribution in [-0.4, -0.2) is 42.2 Å². The molecule has 1 aliphatic rings. The van der Waals surface area contributed by atoms with E-state index in [4.69, 9.17) is 9.26 Å². The number of hydrogen-bond donors (Lipinski definition) is 0. The average molecular weight is 377 g/mol. The van der Waals surface area contributed by atoms with Gasteiger partial charge < -0.3 is 14.2 Å². The summed E-state index contributed by atoms with van der Waals surface area (Å²) < 4.78 is 10.8. The number of nitrogens with zero attached hydrogens (tertiary/aromatic N) is 3. The SMILES string of the molecule is COc1cccc(N2CC(C)N(Cc3cc(-c4ccccc4)no3)CC2=O)c1. The Hall–Kier alpha value is -3.12. The molecule has 1 aliphatic heterocycles. The fourth-order valence-electron chi connectivity index (χ4n) is 3.47. The van der Waals surface area contributed by atoms with Crippen molar-refractivity contribution in [3.63, 3.8) is 0 Å². The lowest BCUT2D eigenvalue weighted by Gasteiger charge is -2.38. The van der Waals surface area contributed by atoms with Crippen LogP contribution in [0.1, 0.15) is 12.7 Å². The summed E-state index contributed by atoms with van der Waals surface area (Å²) in [5.74, 6) is 1.57. The second-order valence-corrected chi connectivity index (χ2v) is 7.00. The molecule has 28 heavy (non-hydrogen) atoms. The second-order valence-electron chi connectivity index (χ2n) is 7.00. The summed E-state index contributed by atoms with van der Waals surface area (Å²) in [4.78, 5) is 16.7. The summed E-state index contributed by atoms with van der Waals surface area (Å²) in [5, 5.41) is 4.17. The number of amides is 1. The van der Waals surface area contributed by atoms with Crippen LogP contribution in [0, 0.1) is 0 Å². The van der Waals surface area contributed by atoms with Gasteiger partial charge in [0.1, 0.15) is 11.4 Å². The minimum Gasteiger partial charge on any atom is -0.497 e. The Morgan fingerprint density at radius 1 is 1.14 bits per heavy atom. The Balaban J connectivity index is 1.45. The largest absolute Gasteiger partial charge is 0.497 e. The number of ether oxygens (including phenoxy) is 1. The lowest BCUT2D eigenvalue weighted by atomic mass is 10.1. The van der Waals surface area contributed by atoms with E-state index in [9.17, 15) is 4.79 Å². The zero-order valence-electron chi connectivity index (χ0n) is 16.0. The van der Waals surface area contributed by atoms with Crippen LogP contribution in [0.25, 0.3) is 11.3 Å². The highest BCUT2D eigenvalue weighted by Crippen LogP contribution is 2.26. The third-order valence-corrected chi connectivity index (χ3v) is 5.06. The van der Waals surface area contributed by atoms with Gasteiger partial charge in [0.25, 0.3) is 0 Å². The van der Waals surface area contributed by atoms with Gasteiger partial charge in [0.2, 0.25) is 5.91 Å². The molecule has 1 unspecified atom stereocenters. The number of rotatable bonds is 5. The highest BCUT2D eigenvalue weighted by molar-refractivity contribution is 5.95. The van der Waals surface area contributed by atoms with Gasteiger partial charge in [0.05, 0.1) is 20.2 Å². The number of aromatic nitrogens is 1. The lowest BCUT2D eigenvalue weighted by molar-refractivity contribution is -0.122. The molecular formula is C22H23N3O3. The molecule has 0 spiro atoms. The van der Waals surface area contributed by atoms with Gasteiger partial charge in [-0.3, -0.25) is 9.69 Å². The van der Waals surface area contributed by atoms with Crippen LogP contribution in [0.3, 0.4) is 0 Å². The summed E-state index contributed by atoms with van der Waals surface area (Å²) in [6.07, 6.45) is 0. The van der Waals surface area contributed by atoms with Crippen LogP contribution in [0.4, 0.5) is 5.69 Å². The van der Waals surface area contributed by atoms with Gasteiger partial charge in [-0.05, 0) is 19.1 Å². The molecule has 0 aliphatic carbocycles. The number of piperazine rings is 1. The monoisotopic (exact) mass is 377 g/mol. The topological polar surface area (TPSA) is 58.8 Å². The first kappa shape index (κ1) is 18.3. The maximum atomic E-state index is 12.8. The third-order valence-electron chi connectivity index (χ3n) is 5.06. The molecule has 1 fully saturated rings. The average Bonchev–Trinajstić information content (AvgIpc) is 3.20. The number of anilines is 1. The van der Waals surface area contributed by atoms with E-state index in [0.717, 1.165) is 28.5 Å². The number of hydrogen-bond acceptors (Lipinski definition) is 5. The molecule has 1 aromatic heterocycles. The number of methoxy groups -OCH3 is 1. The van der Waals surface area contributed by atoms with E-state index in [1.165, 1.54) is 0 Å². The van der Waals surface area contributed by atoms with Crippen molar-refractivity contribution in [1.82, 2.24) is 10.1 Å². The quantitative estimate of drug-likeness (QED) is 0.680. The van der Waals surface area contributed by atoms with Crippen LogP contribution in [0.2, 0.25) is 0 Å². The van der Waals surface area contributed by atoms with Gasteiger partial charge in [-0.2, -0.15) is 0 Å². The third kappa shape index (κ3) is 3.77. The molecule has 1 atom stereocenters. The zero-order valence-corrected chi connectivity index (χ0v) is 16.0. The van der Waals surface area contributed by atoms with Gasteiger partial charge >= 0.3 is 0 Å². The van der Waals surface area contributed by atoms with Gasteiger partial charge in [-0.1, -0.05) is 41.6 Å². The van der Waals surface area contributed by atoms with Crippen molar-refractivity contribution in [2.24, 2.45) is 0 Å². The molecule has 0 bridgehead atoms. The smallest absolute Gasteiger partial charge is 0.241 e. The molecule has 1 saturated heterocycles. The summed E-state index contributed by atoms with van der Waals surface area (Å²) in [5.41, 5.74) is 2.69. The van der Waals surface area contributed by atoms with Gasteiger partial charge in [0, 0.05) is 36.0 Å². The van der Waals surface area contributed by atoms with Crippen LogP contribution in [0.15, 0.2) is 65.2 Å². The molecule has 3 aromatic rings. The van der Waals surface area contributed by atoms with Gasteiger partial charge in [-0.25, -0.2) is 0 Å². The summed E-state index contributed by atoms with van der Waals surface area (Å²) in [6, 6.07) is 19.7. The van der Waals surface area contributed by atoms with E-state index in [1.54, 1.807) is 7.11 Å². The molecule has 6 heteroatoms. The van der Waals surface area contributed by atoms with Crippen molar-refractivity contribution in [3.8, 4) is 17.0 Å². The second kappa shape index (κ2) is 7.86. The first-order chi connectivity index (χ1) is 13.6. The summed E-state index contributed by atoms with van der Waals surface area (Å²) >= 11 is 0. The first-order valence-corrected chi connectivity index (χ1v) is 9.33. The van der Waals surface area contributed by atoms with Crippen molar-refractivity contribution < 1.29 is 14.1 Å². The minimum absolute atomic E-state index is 0.0640. The zero-order chi connectivity index (χ0) is 19.5. The normalized spacial score (nSPS) is 17.7. The standard InChI is InChI=1S/C22H23N3O3/c1-16-13-25(18-9-6-10-19(11-18)27-2)22(26)15-24(16)14-20-12-21(23-28-20)17-7-4-3-5-8-17/h3-12,16H,13-15H2,1-2H3. The van der Waals surface area contributed by atoms with Crippen LogP contribution in [-0.2, 0) is 11.3 Å². The molecule has 2 aromatic carbocycles. The van der Waals surface area contributed by atoms with Crippen LogP contribution in [0.5, 0.6) is 5.75 Å². The Labute approximate surface area is 164 Å². The van der Waals surface area contributed by atoms with E-state index in [1.807, 2.05) is 65.6 Å². The summed E-state index contributed by atoms with van der Waals surface area (Å²) in [6.45, 7) is 3.62. The number of carbonyl (C=O) groups is 1. The Bertz CT molecular complexity index is 954. The predicted molar refractivity (Wildman–Crippen MR) is 107 cm³/mol. The highest BCUT2D eigenvalue weighted by atomic mass is 16.5. The minimum atomic E-state index is 0.0640. The molecule has 0 radical (unpaired) electrons. The van der Waals surface area contributed by atoms with Crippen molar-refractivity contribution >= 4 is 11.6 Å². The Kier molecular flexibility index (Phi) is 5.12. The van der Waals surface area contributed by atoms with E-state index in [0.29, 0.717) is 19.6 Å². The molecule has 6 nitrogen and oxygen atoms in total. The van der Waals surface area contributed by atoms with Gasteiger partial charge in [-0.15, -0.1) is 0 Å². The highest BCUT2D eigenvalue weighted by Gasteiger charge is 2.31. The van der Waals surface area contributed by atoms with E-state index in [-0.39, 0.29) is 11.9 Å². The fourth-order valence-corrected chi connectivity index (χ4v) is 3.47. The lowest BCUT2D eigenvalue weighted by Crippen LogP contribution is -2.54. The molecular weight excluding hydrogens is 354 g/mol. The van der Waals surface area contributed by atoms with E-state index in [2.05, 4.69) is 17.0 Å². The molecule has 144 valence electrons. The van der Waals surface area contributed by atoms with Crippen LogP contribution < -0.4 is 9.64 Å². The van der Waals surface area contributed by atoms with Crippen molar-refractivity contribution in [3.05, 3.63) is 66.4 Å². The van der Waals surface area contributed by atoms with Crippen molar-refractivity contribution in [1.29, 1.82) is 0 Å². The number of carbonyl (C=O) groups excluding carboxylic acids is 1. The maximum Gasteiger partial charge on any atom is 0.241 e. The molecule has 2 heterocycles. The Morgan fingerprint density at radius 2 is 1.96 bits per heavy atom. The fraction of sp³-hybridized carbons (Fsp3) is 0.273. The first-order valence-electron chi connectivity index (χ1n) is 9.33. The Morgan fingerprint density at radius 3 is 2.75 bits per heavy atom. The van der Waals surface area contributed by atoms with Crippen LogP contribution >= 0.6 is 0 Å². The molecule has 0 N–H and O–H groups in total. The van der Waals surface area contributed by atoms with E-state index >= 15 is 0 Å². The molecule has 0 saturated carbocycles. The number of benzene rings is 2. The van der Waals surface area contributed by atoms with Gasteiger partial charge in [0.15, 0.2) is 5.76 Å². The van der Waals surface area contributed by atoms with E-state index < -0.39 is 0 Å². The molecule has 1 amide bonds. The summed E-state index contributed by atoms with van der Waals surface area (Å²) in [7, 11) is 1.63. The maximum absolute atomic E-state index is 12.8. The van der Waals surface area contributed by atoms with Crippen molar-refractivity contribution in [2.75, 3.05) is 25.1 Å².